The molecule has 20 heavy (non-hydrogen) atoms. The number of benzene rings is 2. The van der Waals surface area contributed by atoms with Crippen molar-refractivity contribution in [3.63, 3.8) is 0 Å². The zero-order chi connectivity index (χ0) is 14.6. The summed E-state index contributed by atoms with van der Waals surface area (Å²) in [5, 5.41) is 0. The van der Waals surface area contributed by atoms with Crippen LogP contribution in [0.2, 0.25) is 0 Å². The summed E-state index contributed by atoms with van der Waals surface area (Å²) < 4.78 is 27.3. The van der Waals surface area contributed by atoms with Crippen molar-refractivity contribution in [3.05, 3.63) is 59.7 Å². The molecular weight excluding hydrogens is 270 g/mol. The van der Waals surface area contributed by atoms with Gasteiger partial charge < -0.3 is 0 Å². The van der Waals surface area contributed by atoms with E-state index in [-0.39, 0.29) is 0 Å². The van der Waals surface area contributed by atoms with Gasteiger partial charge in [-0.15, -0.1) is 0 Å². The Labute approximate surface area is 120 Å². The predicted molar refractivity (Wildman–Crippen MR) is 82.4 cm³/mol. The Morgan fingerprint density at radius 2 is 1.65 bits per heavy atom. The summed E-state index contributed by atoms with van der Waals surface area (Å²) in [5.74, 6) is 0. The highest BCUT2D eigenvalue weighted by molar-refractivity contribution is 7.92. The molecule has 0 spiro atoms. The number of nitrogens with one attached hydrogen (secondary N) is 1. The molecule has 2 aromatic carbocycles. The van der Waals surface area contributed by atoms with Crippen molar-refractivity contribution in [2.24, 2.45) is 0 Å². The van der Waals surface area contributed by atoms with Gasteiger partial charge in [0, 0.05) is 0 Å². The first-order valence-electron chi connectivity index (χ1n) is 6.70. The standard InChI is InChI=1S/C16H19NO2S/c1-3-6-14-9-11-15(12-10-14)20(18,19)17-16-8-5-4-7-13(16)2/h4-5,7-12,17H,3,6H2,1-2H3. The van der Waals surface area contributed by atoms with Gasteiger partial charge in [-0.3, -0.25) is 4.72 Å². The number of rotatable bonds is 5. The van der Waals surface area contributed by atoms with Gasteiger partial charge in [-0.2, -0.15) is 0 Å². The maximum Gasteiger partial charge on any atom is 0.261 e. The maximum atomic E-state index is 12.3. The highest BCUT2D eigenvalue weighted by Gasteiger charge is 2.14. The topological polar surface area (TPSA) is 46.2 Å². The van der Waals surface area contributed by atoms with E-state index in [0.29, 0.717) is 10.6 Å². The molecule has 0 aromatic heterocycles. The first-order chi connectivity index (χ1) is 9.53. The zero-order valence-corrected chi connectivity index (χ0v) is 12.6. The van der Waals surface area contributed by atoms with Crippen molar-refractivity contribution in [3.8, 4) is 0 Å². The summed E-state index contributed by atoms with van der Waals surface area (Å²) in [6.45, 7) is 3.98. The third-order valence-electron chi connectivity index (χ3n) is 3.16. The third kappa shape index (κ3) is 3.39. The van der Waals surface area contributed by atoms with E-state index in [9.17, 15) is 8.42 Å². The van der Waals surface area contributed by atoms with Crippen LogP contribution in [-0.2, 0) is 16.4 Å². The Kier molecular flexibility index (Phi) is 4.45. The largest absolute Gasteiger partial charge is 0.279 e. The van der Waals surface area contributed by atoms with E-state index in [1.165, 1.54) is 0 Å². The molecule has 2 aromatic rings. The van der Waals surface area contributed by atoms with E-state index in [1.54, 1.807) is 18.2 Å². The van der Waals surface area contributed by atoms with Crippen molar-refractivity contribution in [1.82, 2.24) is 0 Å². The smallest absolute Gasteiger partial charge is 0.261 e. The van der Waals surface area contributed by atoms with Crippen molar-refractivity contribution < 1.29 is 8.42 Å². The Hall–Kier alpha value is -1.81. The molecule has 0 atom stereocenters. The Morgan fingerprint density at radius 1 is 1.00 bits per heavy atom. The molecule has 0 aliphatic carbocycles. The van der Waals surface area contributed by atoms with E-state index < -0.39 is 10.0 Å². The minimum Gasteiger partial charge on any atom is -0.279 e. The van der Waals surface area contributed by atoms with E-state index in [4.69, 9.17) is 0 Å². The first kappa shape index (κ1) is 14.6. The van der Waals surface area contributed by atoms with Gasteiger partial charge in [-0.25, -0.2) is 8.42 Å². The molecule has 3 nitrogen and oxygen atoms in total. The molecule has 0 heterocycles. The van der Waals surface area contributed by atoms with Crippen molar-refractivity contribution in [2.75, 3.05) is 4.72 Å². The van der Waals surface area contributed by atoms with E-state index in [2.05, 4.69) is 11.6 Å². The fourth-order valence-corrected chi connectivity index (χ4v) is 3.15. The predicted octanol–water partition coefficient (Wildman–Crippen LogP) is 3.75. The summed E-state index contributed by atoms with van der Waals surface area (Å²) in [6.07, 6.45) is 2.01. The molecule has 0 fully saturated rings. The van der Waals surface area contributed by atoms with E-state index in [1.807, 2.05) is 37.3 Å². The second kappa shape index (κ2) is 6.09. The number of hydrogen-bond acceptors (Lipinski definition) is 2. The molecule has 106 valence electrons. The molecule has 2 rings (SSSR count). The molecule has 0 aliphatic rings. The van der Waals surface area contributed by atoms with Crippen LogP contribution >= 0.6 is 0 Å². The lowest BCUT2D eigenvalue weighted by Crippen LogP contribution is -2.13. The lowest BCUT2D eigenvalue weighted by Gasteiger charge is -2.10. The molecule has 0 bridgehead atoms. The second-order valence-corrected chi connectivity index (χ2v) is 6.50. The van der Waals surface area contributed by atoms with Crippen LogP contribution in [-0.4, -0.2) is 8.42 Å². The fraction of sp³-hybridized carbons (Fsp3) is 0.250. The molecule has 1 N–H and O–H groups in total. The van der Waals surface area contributed by atoms with Gasteiger partial charge in [-0.1, -0.05) is 43.7 Å². The van der Waals surface area contributed by atoms with Gasteiger partial charge >= 0.3 is 0 Å². The molecule has 0 saturated heterocycles. The fourth-order valence-electron chi connectivity index (χ4n) is 2.02. The molecule has 0 amide bonds. The number of sulfonamides is 1. The van der Waals surface area contributed by atoms with Crippen LogP contribution in [0, 0.1) is 6.92 Å². The number of para-hydroxylation sites is 1. The van der Waals surface area contributed by atoms with Gasteiger partial charge in [0.1, 0.15) is 0 Å². The first-order valence-corrected chi connectivity index (χ1v) is 8.18. The van der Waals surface area contributed by atoms with Gasteiger partial charge in [0.25, 0.3) is 10.0 Å². The molecule has 0 aliphatic heterocycles. The summed E-state index contributed by atoms with van der Waals surface area (Å²) in [5.41, 5.74) is 2.67. The summed E-state index contributed by atoms with van der Waals surface area (Å²) >= 11 is 0. The lowest BCUT2D eigenvalue weighted by atomic mass is 10.1. The SMILES string of the molecule is CCCc1ccc(S(=O)(=O)Nc2ccccc2C)cc1. The van der Waals surface area contributed by atoms with Crippen molar-refractivity contribution in [2.45, 2.75) is 31.6 Å². The van der Waals surface area contributed by atoms with Gasteiger partial charge in [0.15, 0.2) is 0 Å². The minimum atomic E-state index is -3.52. The Balaban J connectivity index is 2.24. The van der Waals surface area contributed by atoms with Crippen LogP contribution < -0.4 is 4.72 Å². The van der Waals surface area contributed by atoms with Crippen molar-refractivity contribution in [1.29, 1.82) is 0 Å². The summed E-state index contributed by atoms with van der Waals surface area (Å²) in [7, 11) is -3.52. The number of hydrogen-bond donors (Lipinski definition) is 1. The van der Waals surface area contributed by atoms with Crippen LogP contribution in [0.4, 0.5) is 5.69 Å². The normalized spacial score (nSPS) is 11.3. The van der Waals surface area contributed by atoms with Crippen LogP contribution in [0.5, 0.6) is 0 Å². The molecule has 0 radical (unpaired) electrons. The highest BCUT2D eigenvalue weighted by atomic mass is 32.2. The van der Waals surface area contributed by atoms with Crippen molar-refractivity contribution >= 4 is 15.7 Å². The van der Waals surface area contributed by atoms with E-state index in [0.717, 1.165) is 24.0 Å². The maximum absolute atomic E-state index is 12.3. The zero-order valence-electron chi connectivity index (χ0n) is 11.8. The number of anilines is 1. The molecule has 0 saturated carbocycles. The monoisotopic (exact) mass is 289 g/mol. The average molecular weight is 289 g/mol. The lowest BCUT2D eigenvalue weighted by molar-refractivity contribution is 0.601. The molecular formula is C16H19NO2S. The van der Waals surface area contributed by atoms with Crippen LogP contribution in [0.1, 0.15) is 24.5 Å². The Bertz CT molecular complexity index is 676. The van der Waals surface area contributed by atoms with Crippen LogP contribution in [0.3, 0.4) is 0 Å². The van der Waals surface area contributed by atoms with Gasteiger partial charge in [0.05, 0.1) is 10.6 Å². The van der Waals surface area contributed by atoms with Gasteiger partial charge in [0.2, 0.25) is 0 Å². The van der Waals surface area contributed by atoms with E-state index >= 15 is 0 Å². The summed E-state index contributed by atoms with van der Waals surface area (Å²) in [6, 6.07) is 14.4. The minimum absolute atomic E-state index is 0.292. The van der Waals surface area contributed by atoms with Gasteiger partial charge in [-0.05, 0) is 42.7 Å². The van der Waals surface area contributed by atoms with Crippen LogP contribution in [0.15, 0.2) is 53.4 Å². The highest BCUT2D eigenvalue weighted by Crippen LogP contribution is 2.19. The molecule has 0 unspecified atom stereocenters. The number of aryl methyl sites for hydroxylation is 2. The Morgan fingerprint density at radius 3 is 2.25 bits per heavy atom. The second-order valence-electron chi connectivity index (χ2n) is 4.81. The summed E-state index contributed by atoms with van der Waals surface area (Å²) in [4.78, 5) is 0.292. The van der Waals surface area contributed by atoms with Crippen LogP contribution in [0.25, 0.3) is 0 Å². The third-order valence-corrected chi connectivity index (χ3v) is 4.54. The quantitative estimate of drug-likeness (QED) is 0.911. The molecule has 4 heteroatoms. The average Bonchev–Trinajstić information content (AvgIpc) is 2.42.